The van der Waals surface area contributed by atoms with Gasteiger partial charge in [0.15, 0.2) is 0 Å². The SMILES string of the molecule is CN1c2ccc([N+](=O)[O-])cc2N(C)[C@]1(C)c1ccccc1. The Kier molecular flexibility index (Phi) is 2.86. The van der Waals surface area contributed by atoms with Crippen LogP contribution in [0.1, 0.15) is 12.5 Å². The second-order valence-corrected chi connectivity index (χ2v) is 5.44. The van der Waals surface area contributed by atoms with E-state index in [4.69, 9.17) is 0 Å². The lowest BCUT2D eigenvalue weighted by Crippen LogP contribution is -2.48. The number of hydrogen-bond acceptors (Lipinski definition) is 4. The Morgan fingerprint density at radius 3 is 2.24 bits per heavy atom. The lowest BCUT2D eigenvalue weighted by molar-refractivity contribution is -0.384. The van der Waals surface area contributed by atoms with E-state index in [2.05, 4.69) is 28.9 Å². The number of benzene rings is 2. The molecule has 0 bridgehead atoms. The Bertz CT molecular complexity index is 702. The Hall–Kier alpha value is -2.56. The van der Waals surface area contributed by atoms with Gasteiger partial charge in [-0.25, -0.2) is 0 Å². The molecule has 0 amide bonds. The molecule has 0 aromatic heterocycles. The van der Waals surface area contributed by atoms with Crippen LogP contribution in [0.2, 0.25) is 0 Å². The number of nitrogens with zero attached hydrogens (tertiary/aromatic N) is 3. The number of rotatable bonds is 2. The predicted molar refractivity (Wildman–Crippen MR) is 83.7 cm³/mol. The third-order valence-corrected chi connectivity index (χ3v) is 4.52. The van der Waals surface area contributed by atoms with Crippen molar-refractivity contribution in [1.29, 1.82) is 0 Å². The molecule has 0 aliphatic carbocycles. The van der Waals surface area contributed by atoms with Crippen molar-refractivity contribution >= 4 is 17.1 Å². The van der Waals surface area contributed by atoms with Crippen LogP contribution in [0.25, 0.3) is 0 Å². The first-order chi connectivity index (χ1) is 9.96. The van der Waals surface area contributed by atoms with Crippen molar-refractivity contribution in [3.05, 3.63) is 64.2 Å². The molecule has 21 heavy (non-hydrogen) atoms. The van der Waals surface area contributed by atoms with E-state index in [-0.39, 0.29) is 16.3 Å². The van der Waals surface area contributed by atoms with Crippen LogP contribution in [-0.2, 0) is 5.66 Å². The van der Waals surface area contributed by atoms with Crippen molar-refractivity contribution in [1.82, 2.24) is 0 Å². The first kappa shape index (κ1) is 13.4. The van der Waals surface area contributed by atoms with E-state index in [9.17, 15) is 10.1 Å². The molecule has 2 aromatic rings. The van der Waals surface area contributed by atoms with Crippen LogP contribution in [0.3, 0.4) is 0 Å². The summed E-state index contributed by atoms with van der Waals surface area (Å²) in [5.74, 6) is 0. The lowest BCUT2D eigenvalue weighted by Gasteiger charge is -2.40. The van der Waals surface area contributed by atoms with Crippen molar-refractivity contribution in [2.24, 2.45) is 0 Å². The van der Waals surface area contributed by atoms with Crippen molar-refractivity contribution in [3.63, 3.8) is 0 Å². The summed E-state index contributed by atoms with van der Waals surface area (Å²) >= 11 is 0. The summed E-state index contributed by atoms with van der Waals surface area (Å²) in [4.78, 5) is 14.9. The highest BCUT2D eigenvalue weighted by atomic mass is 16.6. The maximum atomic E-state index is 11.0. The summed E-state index contributed by atoms with van der Waals surface area (Å²) in [6.45, 7) is 2.12. The van der Waals surface area contributed by atoms with Gasteiger partial charge in [-0.1, -0.05) is 30.3 Å². The minimum atomic E-state index is -0.362. The molecule has 1 atom stereocenters. The highest BCUT2D eigenvalue weighted by molar-refractivity contribution is 5.81. The molecule has 0 fully saturated rings. The van der Waals surface area contributed by atoms with Crippen LogP contribution in [0.15, 0.2) is 48.5 Å². The largest absolute Gasteiger partial charge is 0.347 e. The summed E-state index contributed by atoms with van der Waals surface area (Å²) in [6.07, 6.45) is 0. The molecule has 0 N–H and O–H groups in total. The van der Waals surface area contributed by atoms with Crippen LogP contribution in [0, 0.1) is 10.1 Å². The van der Waals surface area contributed by atoms with Crippen molar-refractivity contribution < 1.29 is 4.92 Å². The van der Waals surface area contributed by atoms with Crippen LogP contribution < -0.4 is 9.80 Å². The summed E-state index contributed by atoms with van der Waals surface area (Å²) in [7, 11) is 3.99. The fourth-order valence-corrected chi connectivity index (χ4v) is 3.01. The molecule has 3 rings (SSSR count). The van der Waals surface area contributed by atoms with Gasteiger partial charge in [0.2, 0.25) is 0 Å². The molecule has 1 heterocycles. The van der Waals surface area contributed by atoms with Crippen LogP contribution in [0.4, 0.5) is 17.1 Å². The Morgan fingerprint density at radius 1 is 1.00 bits per heavy atom. The van der Waals surface area contributed by atoms with Gasteiger partial charge < -0.3 is 9.80 Å². The predicted octanol–water partition coefficient (Wildman–Crippen LogP) is 3.35. The van der Waals surface area contributed by atoms with Gasteiger partial charge in [0, 0.05) is 26.2 Å². The molecule has 0 saturated carbocycles. The zero-order valence-corrected chi connectivity index (χ0v) is 12.3. The van der Waals surface area contributed by atoms with Gasteiger partial charge in [0.05, 0.1) is 16.3 Å². The molecule has 1 aliphatic heterocycles. The van der Waals surface area contributed by atoms with Crippen molar-refractivity contribution in [2.75, 3.05) is 23.9 Å². The molecule has 0 radical (unpaired) electrons. The van der Waals surface area contributed by atoms with E-state index < -0.39 is 0 Å². The Balaban J connectivity index is 2.14. The molecule has 0 saturated heterocycles. The highest BCUT2D eigenvalue weighted by Crippen LogP contribution is 2.49. The fourth-order valence-electron chi connectivity index (χ4n) is 3.01. The molecule has 108 valence electrons. The Morgan fingerprint density at radius 2 is 1.62 bits per heavy atom. The zero-order valence-electron chi connectivity index (χ0n) is 12.3. The zero-order chi connectivity index (χ0) is 15.2. The molecule has 0 spiro atoms. The van der Waals surface area contributed by atoms with E-state index >= 15 is 0 Å². The maximum absolute atomic E-state index is 11.0. The minimum Gasteiger partial charge on any atom is -0.347 e. The molecule has 0 unspecified atom stereocenters. The quantitative estimate of drug-likeness (QED) is 0.626. The van der Waals surface area contributed by atoms with Gasteiger partial charge in [0.25, 0.3) is 5.69 Å². The number of nitro benzene ring substituents is 1. The second kappa shape index (κ2) is 4.48. The Labute approximate surface area is 123 Å². The van der Waals surface area contributed by atoms with E-state index in [1.165, 1.54) is 0 Å². The smallest absolute Gasteiger partial charge is 0.271 e. The molecule has 5 nitrogen and oxygen atoms in total. The number of nitro groups is 1. The molecule has 2 aromatic carbocycles. The van der Waals surface area contributed by atoms with Gasteiger partial charge in [-0.05, 0) is 18.6 Å². The first-order valence-electron chi connectivity index (χ1n) is 6.78. The monoisotopic (exact) mass is 283 g/mol. The molecular formula is C16H17N3O2. The van der Waals surface area contributed by atoms with Gasteiger partial charge in [-0.15, -0.1) is 0 Å². The van der Waals surface area contributed by atoms with E-state index in [0.717, 1.165) is 16.9 Å². The van der Waals surface area contributed by atoms with Crippen LogP contribution in [0.5, 0.6) is 0 Å². The number of anilines is 2. The first-order valence-corrected chi connectivity index (χ1v) is 6.78. The van der Waals surface area contributed by atoms with Crippen molar-refractivity contribution in [2.45, 2.75) is 12.6 Å². The summed E-state index contributed by atoms with van der Waals surface area (Å²) in [6, 6.07) is 15.2. The summed E-state index contributed by atoms with van der Waals surface area (Å²) in [5.41, 5.74) is 2.77. The summed E-state index contributed by atoms with van der Waals surface area (Å²) in [5, 5.41) is 11.0. The van der Waals surface area contributed by atoms with Crippen LogP contribution in [-0.4, -0.2) is 19.0 Å². The fraction of sp³-hybridized carbons (Fsp3) is 0.250. The van der Waals surface area contributed by atoms with Crippen molar-refractivity contribution in [3.8, 4) is 0 Å². The van der Waals surface area contributed by atoms with Gasteiger partial charge in [0.1, 0.15) is 5.66 Å². The highest BCUT2D eigenvalue weighted by Gasteiger charge is 2.43. The van der Waals surface area contributed by atoms with E-state index in [1.807, 2.05) is 38.4 Å². The third-order valence-electron chi connectivity index (χ3n) is 4.52. The minimum absolute atomic E-state index is 0.117. The van der Waals surface area contributed by atoms with Crippen LogP contribution >= 0.6 is 0 Å². The molecule has 5 heteroatoms. The maximum Gasteiger partial charge on any atom is 0.271 e. The van der Waals surface area contributed by atoms with Gasteiger partial charge in [-0.2, -0.15) is 0 Å². The topological polar surface area (TPSA) is 49.6 Å². The second-order valence-electron chi connectivity index (χ2n) is 5.44. The average Bonchev–Trinajstić information content (AvgIpc) is 2.70. The average molecular weight is 283 g/mol. The molecule has 1 aliphatic rings. The summed E-state index contributed by atoms with van der Waals surface area (Å²) < 4.78 is 0. The van der Waals surface area contributed by atoms with Gasteiger partial charge in [-0.3, -0.25) is 10.1 Å². The normalized spacial score (nSPS) is 20.5. The van der Waals surface area contributed by atoms with E-state index in [0.29, 0.717) is 0 Å². The van der Waals surface area contributed by atoms with Gasteiger partial charge >= 0.3 is 0 Å². The number of non-ortho nitro benzene ring substituents is 1. The number of hydrogen-bond donors (Lipinski definition) is 0. The standard InChI is InChI=1S/C16H17N3O2/c1-16(12-7-5-4-6-8-12)17(2)14-10-9-13(19(20)21)11-15(14)18(16)3/h4-11H,1-3H3/t16-/m1/s1. The lowest BCUT2D eigenvalue weighted by atomic mass is 10.00. The number of fused-ring (bicyclic) bond motifs is 1. The third kappa shape index (κ3) is 1.77. The van der Waals surface area contributed by atoms with E-state index in [1.54, 1.807) is 12.1 Å². The molecular weight excluding hydrogens is 266 g/mol.